The van der Waals surface area contributed by atoms with Gasteiger partial charge in [-0.2, -0.15) is 18.6 Å². The molecule has 1 amide bonds. The van der Waals surface area contributed by atoms with E-state index in [4.69, 9.17) is 15.3 Å². The van der Waals surface area contributed by atoms with E-state index in [9.17, 15) is 28.0 Å². The Hall–Kier alpha value is -4.68. The number of phenolic OH excluding ortho intramolecular Hbond substituents is 1. The van der Waals surface area contributed by atoms with Crippen molar-refractivity contribution in [3.05, 3.63) is 78.2 Å². The minimum atomic E-state index is -4.68. The van der Waals surface area contributed by atoms with Crippen LogP contribution in [0.5, 0.6) is 11.5 Å². The van der Waals surface area contributed by atoms with Crippen LogP contribution >= 0.6 is 24.1 Å². The van der Waals surface area contributed by atoms with Gasteiger partial charge in [-0.15, -0.1) is 18.9 Å². The Labute approximate surface area is 279 Å². The minimum Gasteiger partial charge on any atom is -0.510 e. The number of amides is 1. The molecule has 21 heteroatoms. The molecule has 48 heavy (non-hydrogen) atoms. The van der Waals surface area contributed by atoms with E-state index in [0.29, 0.717) is 34.4 Å². The van der Waals surface area contributed by atoms with Crippen molar-refractivity contribution in [2.45, 2.75) is 21.6 Å². The lowest BCUT2D eigenvalue weighted by atomic mass is 10.1. The van der Waals surface area contributed by atoms with Gasteiger partial charge in [-0.25, -0.2) is 10.5 Å². The Bertz CT molecular complexity index is 2020. The number of allylic oxidation sites excluding steroid dienone is 1. The number of anilines is 1. The minimum absolute atomic E-state index is 0.0903. The molecule has 4 rings (SSSR count). The topological polar surface area (TPSA) is 260 Å². The maximum atomic E-state index is 13.0. The van der Waals surface area contributed by atoms with Crippen LogP contribution in [0.4, 0.5) is 22.7 Å². The number of methoxy groups -OCH3 is 1. The molecule has 6 N–H and O–H groups in total. The second-order valence-electron chi connectivity index (χ2n) is 9.08. The van der Waals surface area contributed by atoms with E-state index in [0.717, 1.165) is 6.07 Å². The van der Waals surface area contributed by atoms with E-state index >= 15 is 0 Å². The van der Waals surface area contributed by atoms with Gasteiger partial charge in [0.1, 0.15) is 27.8 Å². The molecular weight excluding hydrogens is 699 g/mol. The van der Waals surface area contributed by atoms with Crippen LogP contribution in [0.25, 0.3) is 10.8 Å². The fraction of sp³-hybridized carbons (Fsp3) is 0.0741. The van der Waals surface area contributed by atoms with E-state index in [1.54, 1.807) is 0 Å². The predicted octanol–water partition coefficient (Wildman–Crippen LogP) is 7.58. The Morgan fingerprint density at radius 2 is 1.52 bits per heavy atom. The van der Waals surface area contributed by atoms with Gasteiger partial charge in [-0.3, -0.25) is 9.35 Å². The number of phenols is 1. The van der Waals surface area contributed by atoms with E-state index < -0.39 is 32.4 Å². The molecule has 0 fully saturated rings. The third-order valence-corrected chi connectivity index (χ3v) is 7.98. The molecule has 0 spiro atoms. The maximum Gasteiger partial charge on any atom is 0.295 e. The van der Waals surface area contributed by atoms with E-state index in [1.807, 2.05) is 0 Å². The lowest BCUT2D eigenvalue weighted by molar-refractivity contribution is -0.432. The number of hydrogen-bond donors (Lipinski definition) is 6. The summed E-state index contributed by atoms with van der Waals surface area (Å²) in [6.45, 7) is 1.21. The molecule has 0 aromatic heterocycles. The Balaban J connectivity index is 1.55. The van der Waals surface area contributed by atoms with Crippen molar-refractivity contribution < 1.29 is 62.0 Å². The summed E-state index contributed by atoms with van der Waals surface area (Å²) in [4.78, 5) is 13.1. The first-order chi connectivity index (χ1) is 22.9. The molecule has 252 valence electrons. The molecule has 18 nitrogen and oxygen atoms in total. The average Bonchev–Trinajstić information content (AvgIpc) is 3.06. The fourth-order valence-corrected chi connectivity index (χ4v) is 5.53. The second kappa shape index (κ2) is 16.4. The van der Waals surface area contributed by atoms with Crippen molar-refractivity contribution in [1.29, 1.82) is 0 Å². The van der Waals surface area contributed by atoms with Crippen molar-refractivity contribution in [1.82, 2.24) is 0 Å². The van der Waals surface area contributed by atoms with Gasteiger partial charge >= 0.3 is 0 Å². The first-order valence-electron chi connectivity index (χ1n) is 12.8. The highest BCUT2D eigenvalue weighted by Crippen LogP contribution is 2.36. The second-order valence-corrected chi connectivity index (χ2v) is 12.0. The standard InChI is InChI=1S/C27H23N5O13S3/c1-14(33)26(32-31-22-12-18(46-44-42-36)6-8-23(22)34)27(35)28-21-7-5-17(11-24(21)41-2)30-29-16-4-3-15-9-19(47-45-43-37)13-25(20(15)10-16)48(38,39)40/h3-13,33-34,36-37H,1-2H3,(H,28,35)(H,38,39,40)/b26-14-,30-29?,32-31?. The van der Waals surface area contributed by atoms with Crippen molar-refractivity contribution in [3.8, 4) is 11.5 Å². The summed E-state index contributed by atoms with van der Waals surface area (Å²) in [5, 5.41) is 62.9. The number of ether oxygens (including phenoxy) is 1. The number of benzene rings is 4. The zero-order chi connectivity index (χ0) is 34.8. The highest BCUT2D eigenvalue weighted by Gasteiger charge is 2.18. The summed E-state index contributed by atoms with van der Waals surface area (Å²) in [5.74, 6) is -1.52. The number of aliphatic hydroxyl groups is 1. The fourth-order valence-electron chi connectivity index (χ4n) is 3.88. The van der Waals surface area contributed by atoms with Crippen molar-refractivity contribution in [3.63, 3.8) is 0 Å². The molecular formula is C27H23N5O13S3. The molecule has 4 aromatic carbocycles. The Morgan fingerprint density at radius 1 is 0.854 bits per heavy atom. The molecule has 0 aliphatic carbocycles. The Kier molecular flexibility index (Phi) is 12.4. The van der Waals surface area contributed by atoms with Gasteiger partial charge in [0.2, 0.25) is 0 Å². The maximum absolute atomic E-state index is 13.0. The summed E-state index contributed by atoms with van der Waals surface area (Å²) in [6.07, 6.45) is 0. The molecule has 4 aromatic rings. The first kappa shape index (κ1) is 36.2. The summed E-state index contributed by atoms with van der Waals surface area (Å²) < 4.78 is 47.9. The van der Waals surface area contributed by atoms with E-state index in [2.05, 4.69) is 44.5 Å². The highest BCUT2D eigenvalue weighted by atomic mass is 32.2. The van der Waals surface area contributed by atoms with Gasteiger partial charge in [-0.05, 0) is 66.9 Å². The molecule has 0 saturated heterocycles. The van der Waals surface area contributed by atoms with Gasteiger partial charge in [-0.1, -0.05) is 16.1 Å². The van der Waals surface area contributed by atoms with Gasteiger partial charge < -0.3 is 20.3 Å². The number of rotatable bonds is 14. The molecule has 0 saturated carbocycles. The number of aliphatic hydroxyl groups excluding tert-OH is 1. The molecule has 0 atom stereocenters. The van der Waals surface area contributed by atoms with Gasteiger partial charge in [0.05, 0.1) is 48.3 Å². The molecule has 0 aliphatic heterocycles. The smallest absolute Gasteiger partial charge is 0.295 e. The zero-order valence-electron chi connectivity index (χ0n) is 24.4. The number of carbonyl (C=O) groups excluding carboxylic acids is 1. The number of nitrogens with zero attached hydrogens (tertiary/aromatic N) is 4. The highest BCUT2D eigenvalue weighted by molar-refractivity contribution is 7.94. The first-order valence-corrected chi connectivity index (χ1v) is 15.8. The van der Waals surface area contributed by atoms with Crippen LogP contribution in [0.1, 0.15) is 6.92 Å². The van der Waals surface area contributed by atoms with Crippen LogP contribution < -0.4 is 10.1 Å². The van der Waals surface area contributed by atoms with Crippen LogP contribution in [-0.4, -0.2) is 46.7 Å². The number of aromatic hydroxyl groups is 1. The van der Waals surface area contributed by atoms with Gasteiger partial charge in [0.15, 0.2) is 5.70 Å². The van der Waals surface area contributed by atoms with Gasteiger partial charge in [0.25, 0.3) is 16.0 Å². The number of hydrogen-bond acceptors (Lipinski definition) is 18. The molecule has 0 heterocycles. The Morgan fingerprint density at radius 3 is 2.17 bits per heavy atom. The lowest BCUT2D eigenvalue weighted by Gasteiger charge is -2.11. The lowest BCUT2D eigenvalue weighted by Crippen LogP contribution is -2.15. The summed E-state index contributed by atoms with van der Waals surface area (Å²) in [6, 6.07) is 15.5. The third-order valence-electron chi connectivity index (χ3n) is 5.95. The number of nitrogens with one attached hydrogen (secondary N) is 1. The molecule has 0 unspecified atom stereocenters. The largest absolute Gasteiger partial charge is 0.510 e. The number of azo groups is 2. The van der Waals surface area contributed by atoms with Crippen LogP contribution in [-0.2, 0) is 33.7 Å². The van der Waals surface area contributed by atoms with E-state index in [1.165, 1.54) is 74.7 Å². The molecule has 0 radical (unpaired) electrons. The van der Waals surface area contributed by atoms with Crippen molar-refractivity contribution >= 4 is 73.6 Å². The normalized spacial score (nSPS) is 12.5. The SMILES string of the molecule is COc1cc(N=Nc2ccc3cc(SOOO)cc(S(=O)(=O)O)c3c2)ccc1NC(=O)/C(N=Nc1cc(SOOO)ccc1O)=C(\C)O. The van der Waals surface area contributed by atoms with Crippen LogP contribution in [0.3, 0.4) is 0 Å². The summed E-state index contributed by atoms with van der Waals surface area (Å²) >= 11 is 1.12. The molecule has 0 aliphatic rings. The zero-order valence-corrected chi connectivity index (χ0v) is 26.8. The quantitative estimate of drug-likeness (QED) is 0.0139. The summed E-state index contributed by atoms with van der Waals surface area (Å²) in [7, 11) is -3.34. The van der Waals surface area contributed by atoms with Crippen LogP contribution in [0, 0.1) is 0 Å². The van der Waals surface area contributed by atoms with Gasteiger partial charge in [0, 0.05) is 21.2 Å². The monoisotopic (exact) mass is 721 g/mol. The van der Waals surface area contributed by atoms with Crippen molar-refractivity contribution in [2.24, 2.45) is 20.5 Å². The third kappa shape index (κ3) is 9.45. The number of carbonyl (C=O) groups is 1. The predicted molar refractivity (Wildman–Crippen MR) is 169 cm³/mol. The molecule has 0 bridgehead atoms. The van der Waals surface area contributed by atoms with Crippen LogP contribution in [0.2, 0.25) is 0 Å². The van der Waals surface area contributed by atoms with Crippen molar-refractivity contribution in [2.75, 3.05) is 12.4 Å². The van der Waals surface area contributed by atoms with Crippen LogP contribution in [0.15, 0.2) is 113 Å². The average molecular weight is 722 g/mol. The van der Waals surface area contributed by atoms with E-state index in [-0.39, 0.29) is 44.5 Å². The number of fused-ring (bicyclic) bond motifs is 1. The summed E-state index contributed by atoms with van der Waals surface area (Å²) in [5.41, 5.74) is 0.0688.